The largest absolute Gasteiger partial charge is 0.396 e. The molecule has 0 radical (unpaired) electrons. The molecule has 0 heterocycles. The molecule has 0 bridgehead atoms. The van der Waals surface area contributed by atoms with E-state index in [1.807, 2.05) is 6.92 Å². The molecule has 3 unspecified atom stereocenters. The molecule has 1 saturated carbocycles. The van der Waals surface area contributed by atoms with E-state index in [2.05, 4.69) is 43.4 Å². The second kappa shape index (κ2) is 6.61. The van der Waals surface area contributed by atoms with E-state index < -0.39 is 0 Å². The van der Waals surface area contributed by atoms with Gasteiger partial charge >= 0.3 is 0 Å². The smallest absolute Gasteiger partial charge is 0.223 e. The van der Waals surface area contributed by atoms with Gasteiger partial charge in [-0.05, 0) is 31.7 Å². The molecule has 3 atom stereocenters. The van der Waals surface area contributed by atoms with Crippen molar-refractivity contribution in [2.75, 3.05) is 6.61 Å². The van der Waals surface area contributed by atoms with Crippen molar-refractivity contribution in [3.8, 4) is 0 Å². The Kier molecular flexibility index (Phi) is 5.04. The summed E-state index contributed by atoms with van der Waals surface area (Å²) in [6, 6.07) is 8.45. The second-order valence-electron chi connectivity index (χ2n) is 6.86. The van der Waals surface area contributed by atoms with Crippen LogP contribution < -0.4 is 5.32 Å². The Hall–Kier alpha value is -1.35. The van der Waals surface area contributed by atoms with Gasteiger partial charge in [-0.3, -0.25) is 4.79 Å². The van der Waals surface area contributed by atoms with Gasteiger partial charge in [0.1, 0.15) is 0 Å². The molecule has 1 aliphatic rings. The van der Waals surface area contributed by atoms with Crippen molar-refractivity contribution in [3.05, 3.63) is 35.4 Å². The van der Waals surface area contributed by atoms with Crippen molar-refractivity contribution in [2.45, 2.75) is 52.5 Å². The third-order valence-corrected chi connectivity index (χ3v) is 4.87. The Bertz CT molecular complexity index is 482. The van der Waals surface area contributed by atoms with Gasteiger partial charge in [-0.15, -0.1) is 0 Å². The average molecular weight is 289 g/mol. The molecule has 3 heteroatoms. The van der Waals surface area contributed by atoms with Crippen LogP contribution in [0.4, 0.5) is 0 Å². The van der Waals surface area contributed by atoms with Gasteiger partial charge in [0.05, 0.1) is 6.61 Å². The number of carbonyl (C=O) groups is 1. The summed E-state index contributed by atoms with van der Waals surface area (Å²) in [7, 11) is 0. The molecule has 21 heavy (non-hydrogen) atoms. The third kappa shape index (κ3) is 3.85. The number of aliphatic hydroxyl groups excluding tert-OH is 1. The van der Waals surface area contributed by atoms with Crippen LogP contribution in [0.15, 0.2) is 24.3 Å². The Morgan fingerprint density at radius 3 is 2.71 bits per heavy atom. The fraction of sp³-hybridized carbons (Fsp3) is 0.611. The topological polar surface area (TPSA) is 49.3 Å². The molecular formula is C18H27NO2. The molecule has 0 spiro atoms. The number of nitrogens with one attached hydrogen (secondary N) is 1. The van der Waals surface area contributed by atoms with E-state index in [1.165, 1.54) is 11.1 Å². The van der Waals surface area contributed by atoms with Crippen LogP contribution >= 0.6 is 0 Å². The fourth-order valence-electron chi connectivity index (χ4n) is 3.15. The summed E-state index contributed by atoms with van der Waals surface area (Å²) < 4.78 is 0. The first-order valence-corrected chi connectivity index (χ1v) is 7.91. The van der Waals surface area contributed by atoms with E-state index in [-0.39, 0.29) is 29.9 Å². The van der Waals surface area contributed by atoms with E-state index in [1.54, 1.807) is 0 Å². The van der Waals surface area contributed by atoms with Crippen molar-refractivity contribution >= 4 is 5.91 Å². The predicted molar refractivity (Wildman–Crippen MR) is 85.0 cm³/mol. The van der Waals surface area contributed by atoms with Gasteiger partial charge in [0.15, 0.2) is 0 Å². The highest BCUT2D eigenvalue weighted by Crippen LogP contribution is 2.37. The molecule has 1 aliphatic carbocycles. The Labute approximate surface area is 127 Å². The molecule has 2 N–H and O–H groups in total. The van der Waals surface area contributed by atoms with Gasteiger partial charge in [-0.2, -0.15) is 0 Å². The van der Waals surface area contributed by atoms with Gasteiger partial charge in [-0.1, -0.05) is 50.1 Å². The van der Waals surface area contributed by atoms with Crippen LogP contribution in [-0.4, -0.2) is 23.7 Å². The number of amides is 1. The lowest BCUT2D eigenvalue weighted by atomic mass is 9.85. The molecule has 0 saturated heterocycles. The highest BCUT2D eigenvalue weighted by molar-refractivity contribution is 5.79. The lowest BCUT2D eigenvalue weighted by Crippen LogP contribution is -2.46. The zero-order valence-corrected chi connectivity index (χ0v) is 13.4. The Morgan fingerprint density at radius 1 is 1.43 bits per heavy atom. The highest BCUT2D eigenvalue weighted by atomic mass is 16.3. The number of benzene rings is 1. The molecule has 0 aromatic heterocycles. The molecule has 1 aromatic carbocycles. The van der Waals surface area contributed by atoms with Gasteiger partial charge in [0, 0.05) is 17.4 Å². The molecular weight excluding hydrogens is 262 g/mol. The van der Waals surface area contributed by atoms with Crippen LogP contribution in [0.5, 0.6) is 0 Å². The highest BCUT2D eigenvalue weighted by Gasteiger charge is 2.39. The summed E-state index contributed by atoms with van der Waals surface area (Å²) in [4.78, 5) is 12.4. The van der Waals surface area contributed by atoms with Crippen molar-refractivity contribution in [1.82, 2.24) is 5.32 Å². The second-order valence-corrected chi connectivity index (χ2v) is 6.86. The first kappa shape index (κ1) is 16.0. The molecule has 1 amide bonds. The lowest BCUT2D eigenvalue weighted by Gasteiger charge is -2.31. The van der Waals surface area contributed by atoms with Gasteiger partial charge in [0.2, 0.25) is 5.91 Å². The number of hydrogen-bond acceptors (Lipinski definition) is 2. The number of aliphatic hydroxyl groups is 1. The maximum Gasteiger partial charge on any atom is 0.223 e. The van der Waals surface area contributed by atoms with E-state index >= 15 is 0 Å². The number of hydrogen-bond donors (Lipinski definition) is 2. The fourth-order valence-corrected chi connectivity index (χ4v) is 3.15. The van der Waals surface area contributed by atoms with Crippen molar-refractivity contribution in [3.63, 3.8) is 0 Å². The Balaban J connectivity index is 1.92. The SMILES string of the molecule is Cc1ccc(CC(C)C(=O)NC2CCCC2(C)CO)cc1. The molecule has 3 nitrogen and oxygen atoms in total. The first-order chi connectivity index (χ1) is 9.94. The minimum absolute atomic E-state index is 0.0451. The molecule has 116 valence electrons. The van der Waals surface area contributed by atoms with Gasteiger partial charge in [0.25, 0.3) is 0 Å². The molecule has 1 aromatic rings. The van der Waals surface area contributed by atoms with Gasteiger partial charge in [-0.25, -0.2) is 0 Å². The summed E-state index contributed by atoms with van der Waals surface area (Å²) in [6.07, 6.45) is 3.80. The van der Waals surface area contributed by atoms with E-state index in [9.17, 15) is 9.90 Å². The standard InChI is InChI=1S/C18H27NO2/c1-13-6-8-15(9-7-13)11-14(2)17(21)19-16-5-4-10-18(16,3)12-20/h6-9,14,16,20H,4-5,10-12H2,1-3H3,(H,19,21). The normalized spacial score (nSPS) is 26.6. The van der Waals surface area contributed by atoms with Crippen LogP contribution in [-0.2, 0) is 11.2 Å². The monoisotopic (exact) mass is 289 g/mol. The number of aryl methyl sites for hydroxylation is 1. The molecule has 2 rings (SSSR count). The zero-order chi connectivity index (χ0) is 15.5. The van der Waals surface area contributed by atoms with Crippen LogP contribution in [0, 0.1) is 18.3 Å². The third-order valence-electron chi connectivity index (χ3n) is 4.87. The molecule has 1 fully saturated rings. The molecule has 0 aliphatic heterocycles. The Morgan fingerprint density at radius 2 is 2.10 bits per heavy atom. The summed E-state index contributed by atoms with van der Waals surface area (Å²) in [5.41, 5.74) is 2.28. The maximum absolute atomic E-state index is 12.4. The summed E-state index contributed by atoms with van der Waals surface area (Å²) in [6.45, 7) is 6.25. The van der Waals surface area contributed by atoms with E-state index in [0.717, 1.165) is 25.7 Å². The van der Waals surface area contributed by atoms with Crippen molar-refractivity contribution in [2.24, 2.45) is 11.3 Å². The summed E-state index contributed by atoms with van der Waals surface area (Å²) >= 11 is 0. The minimum atomic E-state index is -0.154. The quantitative estimate of drug-likeness (QED) is 0.875. The summed E-state index contributed by atoms with van der Waals surface area (Å²) in [5, 5.41) is 12.7. The first-order valence-electron chi connectivity index (χ1n) is 7.91. The van der Waals surface area contributed by atoms with E-state index in [4.69, 9.17) is 0 Å². The lowest BCUT2D eigenvalue weighted by molar-refractivity contribution is -0.126. The van der Waals surface area contributed by atoms with Gasteiger partial charge < -0.3 is 10.4 Å². The number of rotatable bonds is 5. The van der Waals surface area contributed by atoms with Crippen molar-refractivity contribution < 1.29 is 9.90 Å². The predicted octanol–water partition coefficient (Wildman–Crippen LogP) is 2.84. The number of carbonyl (C=O) groups excluding carboxylic acids is 1. The summed E-state index contributed by atoms with van der Waals surface area (Å²) in [5.74, 6) is 0.0541. The minimum Gasteiger partial charge on any atom is -0.396 e. The van der Waals surface area contributed by atoms with Crippen molar-refractivity contribution in [1.29, 1.82) is 0 Å². The van der Waals surface area contributed by atoms with Crippen LogP contribution in [0.2, 0.25) is 0 Å². The van der Waals surface area contributed by atoms with E-state index in [0.29, 0.717) is 0 Å². The average Bonchev–Trinajstić information content (AvgIpc) is 2.83. The van der Waals surface area contributed by atoms with Crippen LogP contribution in [0.25, 0.3) is 0 Å². The maximum atomic E-state index is 12.4. The van der Waals surface area contributed by atoms with Crippen LogP contribution in [0.1, 0.15) is 44.2 Å². The van der Waals surface area contributed by atoms with Crippen LogP contribution in [0.3, 0.4) is 0 Å². The zero-order valence-electron chi connectivity index (χ0n) is 13.4.